The second-order valence-corrected chi connectivity index (χ2v) is 5.73. The smallest absolute Gasteiger partial charge is 0.258 e. The molecule has 0 atom stereocenters. The number of nitrogens with zero attached hydrogens (tertiary/aromatic N) is 1. The molecule has 0 spiro atoms. The van der Waals surface area contributed by atoms with Crippen LogP contribution in [0.3, 0.4) is 0 Å². The number of fused-ring (bicyclic) bond motifs is 1. The van der Waals surface area contributed by atoms with Crippen molar-refractivity contribution in [3.63, 3.8) is 0 Å². The van der Waals surface area contributed by atoms with Gasteiger partial charge in [0.1, 0.15) is 12.4 Å². The molecule has 0 bridgehead atoms. The molecular formula is C14H11FIN2O2. The molecule has 1 N–H and O–H groups in total. The Kier molecular flexibility index (Phi) is 3.41. The highest BCUT2D eigenvalue weighted by molar-refractivity contribution is 14.1. The first kappa shape index (κ1) is 13.4. The SMILES string of the molecule is Cc1c(Nc2ccc(I)cc2F)[c]c2n(c1=O)CCO2. The fraction of sp³-hybridized carbons (Fsp3) is 0.214. The summed E-state index contributed by atoms with van der Waals surface area (Å²) in [7, 11) is 0. The van der Waals surface area contributed by atoms with E-state index in [1.165, 1.54) is 10.6 Å². The predicted molar refractivity (Wildman–Crippen MR) is 82.2 cm³/mol. The van der Waals surface area contributed by atoms with Crippen LogP contribution in [0.1, 0.15) is 5.56 Å². The molecule has 1 aliphatic rings. The van der Waals surface area contributed by atoms with Crippen molar-refractivity contribution in [3.8, 4) is 5.88 Å². The summed E-state index contributed by atoms with van der Waals surface area (Å²) in [6.45, 7) is 2.69. The number of anilines is 2. The Balaban J connectivity index is 2.03. The third-order valence-corrected chi connectivity index (χ3v) is 3.83. The van der Waals surface area contributed by atoms with Crippen LogP contribution in [0.15, 0.2) is 23.0 Å². The third-order valence-electron chi connectivity index (χ3n) is 3.16. The van der Waals surface area contributed by atoms with E-state index in [4.69, 9.17) is 4.74 Å². The number of halogens is 2. The number of hydrogen-bond acceptors (Lipinski definition) is 3. The lowest BCUT2D eigenvalue weighted by Gasteiger charge is -2.12. The van der Waals surface area contributed by atoms with E-state index in [0.717, 1.165) is 3.57 Å². The number of rotatable bonds is 2. The number of aromatic nitrogens is 1. The van der Waals surface area contributed by atoms with Gasteiger partial charge in [-0.05, 0) is 47.7 Å². The fourth-order valence-electron chi connectivity index (χ4n) is 2.07. The molecule has 20 heavy (non-hydrogen) atoms. The van der Waals surface area contributed by atoms with Crippen LogP contribution in [0.5, 0.6) is 5.88 Å². The predicted octanol–water partition coefficient (Wildman–Crippen LogP) is 2.84. The average Bonchev–Trinajstić information content (AvgIpc) is 2.87. The molecular weight excluding hydrogens is 374 g/mol. The Morgan fingerprint density at radius 3 is 3.05 bits per heavy atom. The summed E-state index contributed by atoms with van der Waals surface area (Å²) in [5, 5.41) is 2.91. The minimum absolute atomic E-state index is 0.135. The molecule has 4 nitrogen and oxygen atoms in total. The molecule has 0 fully saturated rings. The van der Waals surface area contributed by atoms with Crippen molar-refractivity contribution in [2.24, 2.45) is 0 Å². The summed E-state index contributed by atoms with van der Waals surface area (Å²) in [5.41, 5.74) is 1.12. The monoisotopic (exact) mass is 385 g/mol. The van der Waals surface area contributed by atoms with Crippen molar-refractivity contribution < 1.29 is 9.13 Å². The van der Waals surface area contributed by atoms with Gasteiger partial charge in [-0.15, -0.1) is 0 Å². The largest absolute Gasteiger partial charge is 0.476 e. The quantitative estimate of drug-likeness (QED) is 0.809. The van der Waals surface area contributed by atoms with Crippen molar-refractivity contribution in [2.75, 3.05) is 11.9 Å². The Bertz CT molecular complexity index is 743. The molecule has 2 heterocycles. The molecule has 1 aliphatic heterocycles. The van der Waals surface area contributed by atoms with Gasteiger partial charge in [-0.3, -0.25) is 9.36 Å². The second kappa shape index (κ2) is 5.08. The van der Waals surface area contributed by atoms with Crippen LogP contribution >= 0.6 is 22.6 Å². The summed E-state index contributed by atoms with van der Waals surface area (Å²) < 4.78 is 21.5. The van der Waals surface area contributed by atoms with Crippen LogP contribution in [0, 0.1) is 22.4 Å². The zero-order valence-corrected chi connectivity index (χ0v) is 12.8. The number of ether oxygens (including phenoxy) is 1. The van der Waals surface area contributed by atoms with Crippen LogP contribution in [0.25, 0.3) is 0 Å². The Morgan fingerprint density at radius 2 is 2.30 bits per heavy atom. The van der Waals surface area contributed by atoms with E-state index in [1.807, 2.05) is 22.6 Å². The third kappa shape index (κ3) is 2.28. The normalized spacial score (nSPS) is 12.9. The standard InChI is InChI=1S/C14H11FIN2O2/c1-8-12(7-13-18(14(8)19)4-5-20-13)17-11-3-2-9(16)6-10(11)15/h2-3,6,17H,4-5H2,1H3. The highest BCUT2D eigenvalue weighted by Crippen LogP contribution is 2.26. The molecule has 3 rings (SSSR count). The van der Waals surface area contributed by atoms with Gasteiger partial charge in [0.15, 0.2) is 0 Å². The average molecular weight is 385 g/mol. The topological polar surface area (TPSA) is 43.3 Å². The van der Waals surface area contributed by atoms with Crippen molar-refractivity contribution >= 4 is 34.0 Å². The van der Waals surface area contributed by atoms with Gasteiger partial charge < -0.3 is 10.1 Å². The molecule has 0 aliphatic carbocycles. The summed E-state index contributed by atoms with van der Waals surface area (Å²) in [5.74, 6) is 0.0280. The first-order valence-corrected chi connectivity index (χ1v) is 7.16. The molecule has 0 saturated heterocycles. The molecule has 0 unspecified atom stereocenters. The summed E-state index contributed by atoms with van der Waals surface area (Å²) in [6, 6.07) is 7.84. The minimum Gasteiger partial charge on any atom is -0.476 e. The maximum absolute atomic E-state index is 13.8. The second-order valence-electron chi connectivity index (χ2n) is 4.48. The summed E-state index contributed by atoms with van der Waals surface area (Å²) in [4.78, 5) is 12.1. The molecule has 1 radical (unpaired) electrons. The minimum atomic E-state index is -0.369. The zero-order valence-electron chi connectivity index (χ0n) is 10.7. The van der Waals surface area contributed by atoms with Crippen molar-refractivity contribution in [3.05, 3.63) is 49.6 Å². The number of hydrogen-bond donors (Lipinski definition) is 1. The number of nitrogens with one attached hydrogen (secondary N) is 1. The van der Waals surface area contributed by atoms with Crippen LogP contribution < -0.4 is 15.6 Å². The van der Waals surface area contributed by atoms with E-state index >= 15 is 0 Å². The van der Waals surface area contributed by atoms with E-state index in [1.54, 1.807) is 19.1 Å². The first-order chi connectivity index (χ1) is 9.56. The molecule has 6 heteroatoms. The van der Waals surface area contributed by atoms with E-state index in [2.05, 4.69) is 11.4 Å². The van der Waals surface area contributed by atoms with Gasteiger partial charge in [0.25, 0.3) is 5.56 Å². The van der Waals surface area contributed by atoms with Crippen LogP contribution in [-0.4, -0.2) is 11.2 Å². The number of pyridine rings is 1. The van der Waals surface area contributed by atoms with Crippen LogP contribution in [-0.2, 0) is 6.54 Å². The van der Waals surface area contributed by atoms with Gasteiger partial charge in [0, 0.05) is 9.13 Å². The van der Waals surface area contributed by atoms with Gasteiger partial charge in [0.2, 0.25) is 5.88 Å². The van der Waals surface area contributed by atoms with E-state index < -0.39 is 0 Å². The first-order valence-electron chi connectivity index (χ1n) is 6.08. The molecule has 1 aromatic carbocycles. The van der Waals surface area contributed by atoms with E-state index in [9.17, 15) is 9.18 Å². The van der Waals surface area contributed by atoms with Crippen LogP contribution in [0.2, 0.25) is 0 Å². The Labute approximate surface area is 128 Å². The van der Waals surface area contributed by atoms with Gasteiger partial charge in [-0.25, -0.2) is 4.39 Å². The van der Waals surface area contributed by atoms with Gasteiger partial charge >= 0.3 is 0 Å². The highest BCUT2D eigenvalue weighted by Gasteiger charge is 2.18. The molecule has 2 aromatic rings. The zero-order chi connectivity index (χ0) is 14.3. The Hall–Kier alpha value is -1.57. The molecule has 0 saturated carbocycles. The summed E-state index contributed by atoms with van der Waals surface area (Å²) >= 11 is 2.04. The Morgan fingerprint density at radius 1 is 1.50 bits per heavy atom. The molecule has 0 amide bonds. The van der Waals surface area contributed by atoms with Crippen LogP contribution in [0.4, 0.5) is 15.8 Å². The molecule has 103 valence electrons. The lowest BCUT2D eigenvalue weighted by Crippen LogP contribution is -2.21. The highest BCUT2D eigenvalue weighted by atomic mass is 127. The van der Waals surface area contributed by atoms with E-state index in [-0.39, 0.29) is 11.4 Å². The van der Waals surface area contributed by atoms with Gasteiger partial charge in [-0.2, -0.15) is 0 Å². The lowest BCUT2D eigenvalue weighted by atomic mass is 10.2. The maximum Gasteiger partial charge on any atom is 0.258 e. The van der Waals surface area contributed by atoms with Gasteiger partial charge in [-0.1, -0.05) is 0 Å². The van der Waals surface area contributed by atoms with Crippen molar-refractivity contribution in [2.45, 2.75) is 13.5 Å². The van der Waals surface area contributed by atoms with E-state index in [0.29, 0.717) is 36.0 Å². The fourth-order valence-corrected chi connectivity index (χ4v) is 2.52. The van der Waals surface area contributed by atoms with Crippen molar-refractivity contribution in [1.82, 2.24) is 4.57 Å². The summed E-state index contributed by atoms with van der Waals surface area (Å²) in [6.07, 6.45) is 0. The molecule has 1 aromatic heterocycles. The van der Waals surface area contributed by atoms with Crippen molar-refractivity contribution in [1.29, 1.82) is 0 Å². The lowest BCUT2D eigenvalue weighted by molar-refractivity contribution is 0.356. The maximum atomic E-state index is 13.8. The number of benzene rings is 1. The van der Waals surface area contributed by atoms with Gasteiger partial charge in [0.05, 0.1) is 24.0 Å².